The van der Waals surface area contributed by atoms with Gasteiger partial charge in [-0.1, -0.05) is 15.9 Å². The SMILES string of the molecule is O=C(COc1ccc(Br)cc1F)N1CCC(CCO)C1. The maximum absolute atomic E-state index is 13.5. The molecule has 1 aliphatic heterocycles. The van der Waals surface area contributed by atoms with Crippen molar-refractivity contribution >= 4 is 21.8 Å². The van der Waals surface area contributed by atoms with Crippen LogP contribution in [0.3, 0.4) is 0 Å². The summed E-state index contributed by atoms with van der Waals surface area (Å²) < 4.78 is 19.4. The Kier molecular flexibility index (Phi) is 5.37. The van der Waals surface area contributed by atoms with Crippen molar-refractivity contribution in [1.82, 2.24) is 4.90 Å². The van der Waals surface area contributed by atoms with E-state index >= 15 is 0 Å². The van der Waals surface area contributed by atoms with Crippen LogP contribution in [0.15, 0.2) is 22.7 Å². The largest absolute Gasteiger partial charge is 0.481 e. The minimum absolute atomic E-state index is 0.0765. The number of carbonyl (C=O) groups excluding carboxylic acids is 1. The molecule has 0 spiro atoms. The third-order valence-corrected chi connectivity index (χ3v) is 3.91. The number of amides is 1. The van der Waals surface area contributed by atoms with E-state index in [2.05, 4.69) is 15.9 Å². The molecule has 6 heteroatoms. The molecule has 1 aromatic rings. The molecule has 0 radical (unpaired) electrons. The third kappa shape index (κ3) is 3.93. The topological polar surface area (TPSA) is 49.8 Å². The first-order valence-electron chi connectivity index (χ1n) is 6.56. The van der Waals surface area contributed by atoms with Gasteiger partial charge in [0.1, 0.15) is 0 Å². The Morgan fingerprint density at radius 2 is 2.35 bits per heavy atom. The Labute approximate surface area is 125 Å². The molecule has 0 aliphatic carbocycles. The van der Waals surface area contributed by atoms with Crippen LogP contribution < -0.4 is 4.74 Å². The fraction of sp³-hybridized carbons (Fsp3) is 0.500. The van der Waals surface area contributed by atoms with Gasteiger partial charge < -0.3 is 14.7 Å². The van der Waals surface area contributed by atoms with Crippen molar-refractivity contribution in [3.8, 4) is 5.75 Å². The monoisotopic (exact) mass is 345 g/mol. The molecule has 1 aromatic carbocycles. The van der Waals surface area contributed by atoms with Gasteiger partial charge in [-0.15, -0.1) is 0 Å². The first-order valence-corrected chi connectivity index (χ1v) is 7.36. The highest BCUT2D eigenvalue weighted by atomic mass is 79.9. The summed E-state index contributed by atoms with van der Waals surface area (Å²) in [6.07, 6.45) is 1.62. The highest BCUT2D eigenvalue weighted by molar-refractivity contribution is 9.10. The number of hydrogen-bond donors (Lipinski definition) is 1. The number of ether oxygens (including phenoxy) is 1. The van der Waals surface area contributed by atoms with E-state index in [1.165, 1.54) is 12.1 Å². The van der Waals surface area contributed by atoms with Crippen LogP contribution in [0, 0.1) is 11.7 Å². The van der Waals surface area contributed by atoms with Crippen molar-refractivity contribution < 1.29 is 19.0 Å². The van der Waals surface area contributed by atoms with Crippen LogP contribution in [0.1, 0.15) is 12.8 Å². The van der Waals surface area contributed by atoms with Crippen LogP contribution in [0.5, 0.6) is 5.75 Å². The van der Waals surface area contributed by atoms with Crippen LogP contribution in [0.25, 0.3) is 0 Å². The van der Waals surface area contributed by atoms with Gasteiger partial charge in [-0.05, 0) is 37.0 Å². The van der Waals surface area contributed by atoms with E-state index in [0.29, 0.717) is 29.9 Å². The second kappa shape index (κ2) is 7.04. The molecule has 0 saturated carbocycles. The second-order valence-corrected chi connectivity index (χ2v) is 5.79. The minimum atomic E-state index is -0.494. The van der Waals surface area contributed by atoms with Crippen molar-refractivity contribution in [2.24, 2.45) is 5.92 Å². The summed E-state index contributed by atoms with van der Waals surface area (Å²) in [5, 5.41) is 8.88. The van der Waals surface area contributed by atoms with E-state index in [0.717, 1.165) is 6.42 Å². The quantitative estimate of drug-likeness (QED) is 0.889. The number of nitrogens with zero attached hydrogens (tertiary/aromatic N) is 1. The summed E-state index contributed by atoms with van der Waals surface area (Å²) >= 11 is 3.16. The Hall–Kier alpha value is -1.14. The molecule has 1 atom stereocenters. The van der Waals surface area contributed by atoms with Crippen LogP contribution in [-0.2, 0) is 4.79 Å². The summed E-state index contributed by atoms with van der Waals surface area (Å²) in [5.74, 6) is -0.208. The fourth-order valence-corrected chi connectivity index (χ4v) is 2.63. The van der Waals surface area contributed by atoms with Gasteiger partial charge >= 0.3 is 0 Å². The molecule has 110 valence electrons. The van der Waals surface area contributed by atoms with E-state index in [4.69, 9.17) is 9.84 Å². The molecule has 1 aliphatic rings. The molecule has 1 unspecified atom stereocenters. The van der Waals surface area contributed by atoms with Gasteiger partial charge in [0.15, 0.2) is 18.2 Å². The maximum Gasteiger partial charge on any atom is 0.260 e. The normalized spacial score (nSPS) is 18.4. The van der Waals surface area contributed by atoms with Crippen molar-refractivity contribution in [3.63, 3.8) is 0 Å². The zero-order valence-corrected chi connectivity index (χ0v) is 12.6. The van der Waals surface area contributed by atoms with Crippen molar-refractivity contribution in [1.29, 1.82) is 0 Å². The highest BCUT2D eigenvalue weighted by Gasteiger charge is 2.26. The fourth-order valence-electron chi connectivity index (χ4n) is 2.30. The molecule has 0 aromatic heterocycles. The Morgan fingerprint density at radius 3 is 3.05 bits per heavy atom. The molecule has 1 fully saturated rings. The van der Waals surface area contributed by atoms with Crippen LogP contribution in [-0.4, -0.2) is 42.2 Å². The number of aliphatic hydroxyl groups excluding tert-OH is 1. The van der Waals surface area contributed by atoms with Crippen LogP contribution >= 0.6 is 15.9 Å². The Balaban J connectivity index is 1.83. The van der Waals surface area contributed by atoms with E-state index in [-0.39, 0.29) is 24.9 Å². The average Bonchev–Trinajstić information content (AvgIpc) is 2.86. The highest BCUT2D eigenvalue weighted by Crippen LogP contribution is 2.22. The summed E-state index contributed by atoms with van der Waals surface area (Å²) in [7, 11) is 0. The summed E-state index contributed by atoms with van der Waals surface area (Å²) in [6, 6.07) is 4.45. The lowest BCUT2D eigenvalue weighted by Gasteiger charge is -2.17. The van der Waals surface area contributed by atoms with Gasteiger partial charge in [0.25, 0.3) is 5.91 Å². The van der Waals surface area contributed by atoms with Gasteiger partial charge in [-0.2, -0.15) is 0 Å². The standard InChI is InChI=1S/C14H17BrFNO3/c15-11-1-2-13(12(16)7-11)20-9-14(19)17-5-3-10(8-17)4-6-18/h1-2,7,10,18H,3-6,8-9H2. The van der Waals surface area contributed by atoms with Crippen molar-refractivity contribution in [3.05, 3.63) is 28.5 Å². The lowest BCUT2D eigenvalue weighted by molar-refractivity contribution is -0.132. The predicted octanol–water partition coefficient (Wildman–Crippen LogP) is 2.20. The summed E-state index contributed by atoms with van der Waals surface area (Å²) in [6.45, 7) is 1.30. The minimum Gasteiger partial charge on any atom is -0.481 e. The lowest BCUT2D eigenvalue weighted by atomic mass is 10.1. The number of hydrogen-bond acceptors (Lipinski definition) is 3. The van der Waals surface area contributed by atoms with Gasteiger partial charge in [-0.3, -0.25) is 4.79 Å². The first kappa shape index (κ1) is 15.3. The average molecular weight is 346 g/mol. The molecular formula is C14H17BrFNO3. The molecule has 4 nitrogen and oxygen atoms in total. The number of halogens is 2. The van der Waals surface area contributed by atoms with Crippen molar-refractivity contribution in [2.75, 3.05) is 26.3 Å². The van der Waals surface area contributed by atoms with E-state index < -0.39 is 5.82 Å². The van der Waals surface area contributed by atoms with Gasteiger partial charge in [0.2, 0.25) is 0 Å². The smallest absolute Gasteiger partial charge is 0.260 e. The molecule has 0 bridgehead atoms. The molecule has 1 amide bonds. The number of likely N-dealkylation sites (tertiary alicyclic amines) is 1. The Morgan fingerprint density at radius 1 is 1.55 bits per heavy atom. The third-order valence-electron chi connectivity index (χ3n) is 3.42. The van der Waals surface area contributed by atoms with Crippen LogP contribution in [0.2, 0.25) is 0 Å². The summed E-state index contributed by atoms with van der Waals surface area (Å²) in [5.41, 5.74) is 0. The number of carbonyl (C=O) groups is 1. The van der Waals surface area contributed by atoms with Gasteiger partial charge in [0.05, 0.1) is 0 Å². The zero-order valence-electron chi connectivity index (χ0n) is 11.0. The maximum atomic E-state index is 13.5. The molecular weight excluding hydrogens is 329 g/mol. The molecule has 20 heavy (non-hydrogen) atoms. The molecule has 2 rings (SSSR count). The number of rotatable bonds is 5. The zero-order chi connectivity index (χ0) is 14.5. The predicted molar refractivity (Wildman–Crippen MR) is 76.0 cm³/mol. The van der Waals surface area contributed by atoms with E-state index in [1.807, 2.05) is 0 Å². The summed E-state index contributed by atoms with van der Waals surface area (Å²) in [4.78, 5) is 13.7. The second-order valence-electron chi connectivity index (χ2n) is 4.87. The molecule has 1 saturated heterocycles. The van der Waals surface area contributed by atoms with Crippen molar-refractivity contribution in [2.45, 2.75) is 12.8 Å². The number of aliphatic hydroxyl groups is 1. The molecule has 1 heterocycles. The van der Waals surface area contributed by atoms with Crippen LogP contribution in [0.4, 0.5) is 4.39 Å². The van der Waals surface area contributed by atoms with E-state index in [9.17, 15) is 9.18 Å². The number of benzene rings is 1. The Bertz CT molecular complexity index is 483. The molecule has 1 N–H and O–H groups in total. The van der Waals surface area contributed by atoms with E-state index in [1.54, 1.807) is 11.0 Å². The lowest BCUT2D eigenvalue weighted by Crippen LogP contribution is -2.33. The first-order chi connectivity index (χ1) is 9.60. The van der Waals surface area contributed by atoms with Gasteiger partial charge in [0, 0.05) is 24.2 Å². The van der Waals surface area contributed by atoms with Gasteiger partial charge in [-0.25, -0.2) is 4.39 Å².